The van der Waals surface area contributed by atoms with Gasteiger partial charge in [-0.3, -0.25) is 24.3 Å². The molecule has 0 aromatic carbocycles. The number of carbonyl (C=O) groups is 1. The maximum Gasteiger partial charge on any atom is 0.251 e. The van der Waals surface area contributed by atoms with E-state index in [9.17, 15) is 4.79 Å². The molecule has 1 atom stereocenters. The molecule has 3 rings (SSSR count). The lowest BCUT2D eigenvalue weighted by atomic mass is 10.2. The van der Waals surface area contributed by atoms with Crippen molar-refractivity contribution in [2.75, 3.05) is 13.1 Å². The number of primary amides is 1. The predicted molar refractivity (Wildman–Crippen MR) is 76.4 cm³/mol. The third-order valence-corrected chi connectivity index (χ3v) is 3.73. The maximum absolute atomic E-state index is 11.1. The summed E-state index contributed by atoms with van der Waals surface area (Å²) in [6.07, 6.45) is 7.86. The number of rotatable bonds is 4. The van der Waals surface area contributed by atoms with Crippen LogP contribution in [0.15, 0.2) is 24.8 Å². The molecular formula is C14H18N6O. The van der Waals surface area contributed by atoms with Gasteiger partial charge in [0.15, 0.2) is 0 Å². The van der Waals surface area contributed by atoms with E-state index in [1.165, 1.54) is 6.20 Å². The summed E-state index contributed by atoms with van der Waals surface area (Å²) in [6.45, 7) is 4.58. The average Bonchev–Trinajstić information content (AvgIpc) is 3.10. The van der Waals surface area contributed by atoms with Gasteiger partial charge in [-0.1, -0.05) is 0 Å². The standard InChI is InChI=1S/C14H18N6O/c1-10-4-17-12(6-16-10)8-19-3-2-13(9-19)20-7-11(5-18-20)14(15)21/h4-7,13H,2-3,8-9H2,1H3,(H2,15,21). The van der Waals surface area contributed by atoms with Crippen molar-refractivity contribution >= 4 is 5.91 Å². The fourth-order valence-corrected chi connectivity index (χ4v) is 2.57. The number of carbonyl (C=O) groups excluding carboxylic acids is 1. The van der Waals surface area contributed by atoms with Crippen LogP contribution in [0.5, 0.6) is 0 Å². The Morgan fingerprint density at radius 3 is 2.90 bits per heavy atom. The summed E-state index contributed by atoms with van der Waals surface area (Å²) < 4.78 is 1.83. The molecule has 3 heterocycles. The van der Waals surface area contributed by atoms with Gasteiger partial charge >= 0.3 is 0 Å². The Morgan fingerprint density at radius 1 is 1.38 bits per heavy atom. The molecule has 1 aliphatic heterocycles. The van der Waals surface area contributed by atoms with E-state index in [0.717, 1.165) is 37.4 Å². The van der Waals surface area contributed by atoms with E-state index in [0.29, 0.717) is 5.56 Å². The zero-order chi connectivity index (χ0) is 14.8. The number of nitrogens with zero attached hydrogens (tertiary/aromatic N) is 5. The average molecular weight is 286 g/mol. The lowest BCUT2D eigenvalue weighted by Gasteiger charge is -2.15. The highest BCUT2D eigenvalue weighted by molar-refractivity contribution is 5.92. The van der Waals surface area contributed by atoms with Gasteiger partial charge in [-0.25, -0.2) is 0 Å². The number of amides is 1. The van der Waals surface area contributed by atoms with Crippen LogP contribution in [0, 0.1) is 6.92 Å². The van der Waals surface area contributed by atoms with Crippen LogP contribution in [0.1, 0.15) is 34.2 Å². The summed E-state index contributed by atoms with van der Waals surface area (Å²) >= 11 is 0. The highest BCUT2D eigenvalue weighted by atomic mass is 16.1. The second-order valence-electron chi connectivity index (χ2n) is 5.40. The molecule has 110 valence electrons. The molecule has 1 aliphatic rings. The van der Waals surface area contributed by atoms with Crippen molar-refractivity contribution < 1.29 is 4.79 Å². The Labute approximate surface area is 122 Å². The number of aromatic nitrogens is 4. The van der Waals surface area contributed by atoms with Crippen LogP contribution in [0.3, 0.4) is 0 Å². The monoisotopic (exact) mass is 286 g/mol. The van der Waals surface area contributed by atoms with E-state index in [1.807, 2.05) is 17.8 Å². The minimum atomic E-state index is -0.439. The first-order chi connectivity index (χ1) is 10.1. The lowest BCUT2D eigenvalue weighted by molar-refractivity contribution is 0.1000. The van der Waals surface area contributed by atoms with Gasteiger partial charge in [-0.2, -0.15) is 5.10 Å². The first-order valence-electron chi connectivity index (χ1n) is 6.95. The van der Waals surface area contributed by atoms with Crippen LogP contribution in [0.25, 0.3) is 0 Å². The van der Waals surface area contributed by atoms with Gasteiger partial charge in [-0.15, -0.1) is 0 Å². The minimum absolute atomic E-state index is 0.275. The highest BCUT2D eigenvalue weighted by Gasteiger charge is 2.25. The van der Waals surface area contributed by atoms with Gasteiger partial charge in [0.1, 0.15) is 0 Å². The van der Waals surface area contributed by atoms with E-state index in [2.05, 4.69) is 20.0 Å². The molecular weight excluding hydrogens is 268 g/mol. The second-order valence-corrected chi connectivity index (χ2v) is 5.40. The van der Waals surface area contributed by atoms with Crippen LogP contribution in [0.2, 0.25) is 0 Å². The fourth-order valence-electron chi connectivity index (χ4n) is 2.57. The molecule has 1 amide bonds. The van der Waals surface area contributed by atoms with Crippen molar-refractivity contribution in [3.63, 3.8) is 0 Å². The molecule has 0 aliphatic carbocycles. The smallest absolute Gasteiger partial charge is 0.251 e. The molecule has 2 N–H and O–H groups in total. The summed E-state index contributed by atoms with van der Waals surface area (Å²) in [5.41, 5.74) is 7.60. The van der Waals surface area contributed by atoms with E-state index in [4.69, 9.17) is 5.73 Å². The number of aryl methyl sites for hydroxylation is 1. The number of hydrogen-bond acceptors (Lipinski definition) is 5. The Kier molecular flexibility index (Phi) is 3.66. The molecule has 0 spiro atoms. The van der Waals surface area contributed by atoms with E-state index >= 15 is 0 Å². The Morgan fingerprint density at radius 2 is 2.24 bits per heavy atom. The third-order valence-electron chi connectivity index (χ3n) is 3.73. The van der Waals surface area contributed by atoms with Crippen LogP contribution in [-0.2, 0) is 6.54 Å². The molecule has 0 radical (unpaired) electrons. The molecule has 2 aromatic heterocycles. The first kappa shape index (κ1) is 13.7. The summed E-state index contributed by atoms with van der Waals surface area (Å²) in [7, 11) is 0. The number of likely N-dealkylation sites (tertiary alicyclic amines) is 1. The third kappa shape index (κ3) is 3.08. The van der Waals surface area contributed by atoms with E-state index < -0.39 is 5.91 Å². The van der Waals surface area contributed by atoms with Crippen LogP contribution >= 0.6 is 0 Å². The quantitative estimate of drug-likeness (QED) is 0.885. The molecule has 7 heteroatoms. The zero-order valence-corrected chi connectivity index (χ0v) is 11.9. The molecule has 0 bridgehead atoms. The van der Waals surface area contributed by atoms with Gasteiger partial charge < -0.3 is 5.73 Å². The Bertz CT molecular complexity index is 635. The van der Waals surface area contributed by atoms with Crippen molar-refractivity contribution in [1.29, 1.82) is 0 Å². The summed E-state index contributed by atoms with van der Waals surface area (Å²) in [5.74, 6) is -0.439. The molecule has 1 fully saturated rings. The Hall–Kier alpha value is -2.28. The van der Waals surface area contributed by atoms with E-state index in [1.54, 1.807) is 12.4 Å². The van der Waals surface area contributed by atoms with Crippen LogP contribution in [0.4, 0.5) is 0 Å². The van der Waals surface area contributed by atoms with Crippen molar-refractivity contribution in [2.45, 2.75) is 25.9 Å². The van der Waals surface area contributed by atoms with Crippen molar-refractivity contribution in [1.82, 2.24) is 24.6 Å². The molecule has 1 unspecified atom stereocenters. The maximum atomic E-state index is 11.1. The highest BCUT2D eigenvalue weighted by Crippen LogP contribution is 2.22. The summed E-state index contributed by atoms with van der Waals surface area (Å²) in [5, 5.41) is 4.23. The lowest BCUT2D eigenvalue weighted by Crippen LogP contribution is -2.22. The van der Waals surface area contributed by atoms with Crippen molar-refractivity contribution in [3.05, 3.63) is 41.7 Å². The molecule has 2 aromatic rings. The topological polar surface area (TPSA) is 89.9 Å². The van der Waals surface area contributed by atoms with Crippen LogP contribution in [-0.4, -0.2) is 43.6 Å². The van der Waals surface area contributed by atoms with Crippen molar-refractivity contribution in [3.8, 4) is 0 Å². The predicted octanol–water partition coefficient (Wildman–Crippen LogP) is 0.527. The normalized spacial score (nSPS) is 19.0. The minimum Gasteiger partial charge on any atom is -0.366 e. The largest absolute Gasteiger partial charge is 0.366 e. The van der Waals surface area contributed by atoms with Gasteiger partial charge in [0.25, 0.3) is 5.91 Å². The molecule has 1 saturated heterocycles. The van der Waals surface area contributed by atoms with Crippen molar-refractivity contribution in [2.24, 2.45) is 5.73 Å². The van der Waals surface area contributed by atoms with Gasteiger partial charge in [0.2, 0.25) is 0 Å². The van der Waals surface area contributed by atoms with Gasteiger partial charge in [-0.05, 0) is 13.3 Å². The fraction of sp³-hybridized carbons (Fsp3) is 0.429. The number of hydrogen-bond donors (Lipinski definition) is 1. The van der Waals surface area contributed by atoms with E-state index in [-0.39, 0.29) is 6.04 Å². The molecule has 7 nitrogen and oxygen atoms in total. The summed E-state index contributed by atoms with van der Waals surface area (Å²) in [6, 6.07) is 0.275. The first-order valence-corrected chi connectivity index (χ1v) is 6.95. The molecule has 21 heavy (non-hydrogen) atoms. The molecule has 0 saturated carbocycles. The van der Waals surface area contributed by atoms with Gasteiger partial charge in [0.05, 0.1) is 29.2 Å². The van der Waals surface area contributed by atoms with Crippen LogP contribution < -0.4 is 5.73 Å². The number of nitrogens with two attached hydrogens (primary N) is 1. The SMILES string of the molecule is Cc1cnc(CN2CCC(n3cc(C(N)=O)cn3)C2)cn1. The summed E-state index contributed by atoms with van der Waals surface area (Å²) in [4.78, 5) is 22.1. The second kappa shape index (κ2) is 5.61. The zero-order valence-electron chi connectivity index (χ0n) is 11.9. The van der Waals surface area contributed by atoms with Gasteiger partial charge in [0, 0.05) is 38.2 Å². The Balaban J connectivity index is 1.62.